The van der Waals surface area contributed by atoms with Crippen LogP contribution in [-0.2, 0) is 6.54 Å². The Bertz CT molecular complexity index is 1430. The second-order valence-corrected chi connectivity index (χ2v) is 6.75. The molecule has 5 aromatic rings. The highest BCUT2D eigenvalue weighted by Gasteiger charge is 2.17. The number of aryl methyl sites for hydroxylation is 1. The van der Waals surface area contributed by atoms with E-state index in [1.54, 1.807) is 10.6 Å². The number of aromatic hydroxyl groups is 1. The summed E-state index contributed by atoms with van der Waals surface area (Å²) in [6, 6.07) is 20.9. The highest BCUT2D eigenvalue weighted by Crippen LogP contribution is 2.38. The SMILES string of the molecule is CCn1c(O)c(N=NC(=O)c2cc3c(ccc4ccccc43)o2)c2ccccc21. The molecule has 0 unspecified atom stereocenters. The summed E-state index contributed by atoms with van der Waals surface area (Å²) in [7, 11) is 0. The zero-order valence-electron chi connectivity index (χ0n) is 15.7. The number of aromatic nitrogens is 1. The van der Waals surface area contributed by atoms with Gasteiger partial charge in [-0.05, 0) is 35.9 Å². The maximum absolute atomic E-state index is 12.6. The van der Waals surface area contributed by atoms with Gasteiger partial charge in [-0.25, -0.2) is 0 Å². The fourth-order valence-electron chi connectivity index (χ4n) is 3.73. The Labute approximate surface area is 165 Å². The van der Waals surface area contributed by atoms with Crippen LogP contribution in [0.3, 0.4) is 0 Å². The molecule has 0 aliphatic carbocycles. The van der Waals surface area contributed by atoms with Gasteiger partial charge in [-0.15, -0.1) is 10.2 Å². The molecule has 6 nitrogen and oxygen atoms in total. The largest absolute Gasteiger partial charge is 0.493 e. The van der Waals surface area contributed by atoms with Crippen molar-refractivity contribution in [2.45, 2.75) is 13.5 Å². The van der Waals surface area contributed by atoms with Crippen molar-refractivity contribution in [1.82, 2.24) is 4.57 Å². The summed E-state index contributed by atoms with van der Waals surface area (Å²) < 4.78 is 7.42. The van der Waals surface area contributed by atoms with E-state index < -0.39 is 5.91 Å². The molecular weight excluding hydrogens is 366 g/mol. The molecule has 0 radical (unpaired) electrons. The molecule has 0 saturated carbocycles. The lowest BCUT2D eigenvalue weighted by Crippen LogP contribution is -1.91. The van der Waals surface area contributed by atoms with E-state index in [2.05, 4.69) is 10.2 Å². The lowest BCUT2D eigenvalue weighted by Gasteiger charge is -2.00. The van der Waals surface area contributed by atoms with Crippen LogP contribution >= 0.6 is 0 Å². The van der Waals surface area contributed by atoms with Crippen LogP contribution in [-0.4, -0.2) is 15.6 Å². The number of para-hydroxylation sites is 1. The maximum atomic E-state index is 12.6. The van der Waals surface area contributed by atoms with E-state index in [0.717, 1.165) is 27.1 Å². The molecule has 0 aliphatic heterocycles. The number of hydrogen-bond acceptors (Lipinski definition) is 4. The number of nitrogens with zero attached hydrogens (tertiary/aromatic N) is 3. The van der Waals surface area contributed by atoms with E-state index in [1.165, 1.54) is 0 Å². The van der Waals surface area contributed by atoms with E-state index >= 15 is 0 Å². The van der Waals surface area contributed by atoms with Gasteiger partial charge in [0.2, 0.25) is 5.88 Å². The fourth-order valence-corrected chi connectivity index (χ4v) is 3.73. The Kier molecular flexibility index (Phi) is 3.91. The monoisotopic (exact) mass is 383 g/mol. The van der Waals surface area contributed by atoms with Gasteiger partial charge in [-0.2, -0.15) is 0 Å². The predicted molar refractivity (Wildman–Crippen MR) is 112 cm³/mol. The Morgan fingerprint density at radius 3 is 2.59 bits per heavy atom. The van der Waals surface area contributed by atoms with E-state index in [4.69, 9.17) is 4.42 Å². The number of hydrogen-bond donors (Lipinski definition) is 1. The zero-order valence-corrected chi connectivity index (χ0v) is 15.7. The Morgan fingerprint density at radius 2 is 1.76 bits per heavy atom. The van der Waals surface area contributed by atoms with Crippen LogP contribution in [0.1, 0.15) is 17.5 Å². The van der Waals surface area contributed by atoms with Gasteiger partial charge in [0.1, 0.15) is 5.58 Å². The van der Waals surface area contributed by atoms with Crippen LogP contribution in [0.15, 0.2) is 81.4 Å². The van der Waals surface area contributed by atoms with Crippen molar-refractivity contribution >= 4 is 44.2 Å². The first-order valence-corrected chi connectivity index (χ1v) is 9.35. The third-order valence-corrected chi connectivity index (χ3v) is 5.11. The number of rotatable bonds is 3. The summed E-state index contributed by atoms with van der Waals surface area (Å²) in [6.07, 6.45) is 0. The molecule has 0 aliphatic rings. The maximum Gasteiger partial charge on any atom is 0.331 e. The first-order valence-electron chi connectivity index (χ1n) is 9.35. The van der Waals surface area contributed by atoms with E-state index in [0.29, 0.717) is 12.1 Å². The summed E-state index contributed by atoms with van der Waals surface area (Å²) in [4.78, 5) is 12.6. The minimum atomic E-state index is -0.599. The number of amides is 1. The summed E-state index contributed by atoms with van der Waals surface area (Å²) >= 11 is 0. The van der Waals surface area contributed by atoms with E-state index in [-0.39, 0.29) is 17.3 Å². The molecular formula is C23H17N3O3. The minimum Gasteiger partial charge on any atom is -0.493 e. The van der Waals surface area contributed by atoms with Crippen molar-refractivity contribution in [3.63, 3.8) is 0 Å². The molecule has 2 aromatic heterocycles. The standard InChI is InChI=1S/C23H17N3O3/c1-2-26-18-10-6-5-9-16(18)21(23(26)28)24-25-22(27)20-13-17-15-8-4-3-7-14(15)11-12-19(17)29-20/h3-13,28H,2H2,1H3. The van der Waals surface area contributed by atoms with Gasteiger partial charge in [0.15, 0.2) is 11.4 Å². The van der Waals surface area contributed by atoms with Gasteiger partial charge in [-0.3, -0.25) is 4.79 Å². The molecule has 142 valence electrons. The van der Waals surface area contributed by atoms with Crippen molar-refractivity contribution < 1.29 is 14.3 Å². The summed E-state index contributed by atoms with van der Waals surface area (Å²) in [6.45, 7) is 2.50. The third-order valence-electron chi connectivity index (χ3n) is 5.11. The molecule has 0 fully saturated rings. The summed E-state index contributed by atoms with van der Waals surface area (Å²) in [5.41, 5.74) is 1.73. The molecule has 0 atom stereocenters. The molecule has 0 bridgehead atoms. The highest BCUT2D eigenvalue weighted by molar-refractivity contribution is 6.08. The molecule has 0 spiro atoms. The lowest BCUT2D eigenvalue weighted by atomic mass is 10.1. The van der Waals surface area contributed by atoms with Crippen molar-refractivity contribution in [1.29, 1.82) is 0 Å². The van der Waals surface area contributed by atoms with Crippen molar-refractivity contribution in [2.24, 2.45) is 10.2 Å². The summed E-state index contributed by atoms with van der Waals surface area (Å²) in [5.74, 6) is -0.502. The van der Waals surface area contributed by atoms with Gasteiger partial charge in [-0.1, -0.05) is 48.5 Å². The van der Waals surface area contributed by atoms with Crippen LogP contribution < -0.4 is 0 Å². The number of carbonyl (C=O) groups is 1. The Balaban J connectivity index is 1.56. The van der Waals surface area contributed by atoms with Gasteiger partial charge in [0.05, 0.1) is 5.52 Å². The molecule has 5 rings (SSSR count). The molecule has 1 amide bonds. The first-order chi connectivity index (χ1) is 14.2. The lowest BCUT2D eigenvalue weighted by molar-refractivity contribution is 0.0970. The molecule has 1 N–H and O–H groups in total. The quantitative estimate of drug-likeness (QED) is 0.377. The number of fused-ring (bicyclic) bond motifs is 4. The van der Waals surface area contributed by atoms with E-state index in [9.17, 15) is 9.90 Å². The molecule has 29 heavy (non-hydrogen) atoms. The van der Waals surface area contributed by atoms with E-state index in [1.807, 2.05) is 67.6 Å². The van der Waals surface area contributed by atoms with Gasteiger partial charge in [0.25, 0.3) is 0 Å². The molecule has 6 heteroatoms. The Hall–Kier alpha value is -3.93. The van der Waals surface area contributed by atoms with Crippen LogP contribution in [0.2, 0.25) is 0 Å². The summed E-state index contributed by atoms with van der Waals surface area (Å²) in [5, 5.41) is 22.0. The Morgan fingerprint density at radius 1 is 1.00 bits per heavy atom. The number of benzene rings is 3. The minimum absolute atomic E-state index is 0.0131. The number of furan rings is 1. The van der Waals surface area contributed by atoms with Gasteiger partial charge >= 0.3 is 5.91 Å². The first kappa shape index (κ1) is 17.2. The highest BCUT2D eigenvalue weighted by atomic mass is 16.3. The average molecular weight is 383 g/mol. The molecule has 3 aromatic carbocycles. The van der Waals surface area contributed by atoms with Crippen molar-refractivity contribution in [2.75, 3.05) is 0 Å². The van der Waals surface area contributed by atoms with Crippen LogP contribution in [0.25, 0.3) is 32.6 Å². The van der Waals surface area contributed by atoms with Gasteiger partial charge < -0.3 is 14.1 Å². The number of azo groups is 1. The molecule has 0 saturated heterocycles. The third kappa shape index (κ3) is 2.69. The average Bonchev–Trinajstić information content (AvgIpc) is 3.31. The van der Waals surface area contributed by atoms with Crippen molar-refractivity contribution in [3.05, 3.63) is 72.5 Å². The van der Waals surface area contributed by atoms with Crippen LogP contribution in [0.4, 0.5) is 5.69 Å². The van der Waals surface area contributed by atoms with Crippen molar-refractivity contribution in [3.8, 4) is 5.88 Å². The molecule has 2 heterocycles. The number of carbonyl (C=O) groups excluding carboxylic acids is 1. The van der Waals surface area contributed by atoms with Crippen LogP contribution in [0.5, 0.6) is 5.88 Å². The normalized spacial score (nSPS) is 11.9. The van der Waals surface area contributed by atoms with Gasteiger partial charge in [0, 0.05) is 17.3 Å². The zero-order chi connectivity index (χ0) is 20.0. The predicted octanol–water partition coefficient (Wildman–Crippen LogP) is 6.19. The second kappa shape index (κ2) is 6.60. The topological polar surface area (TPSA) is 80.1 Å². The fraction of sp³-hybridized carbons (Fsp3) is 0.0870. The second-order valence-electron chi connectivity index (χ2n) is 6.75. The smallest absolute Gasteiger partial charge is 0.331 e. The van der Waals surface area contributed by atoms with Crippen LogP contribution in [0, 0.1) is 0 Å².